The zero-order valence-electron chi connectivity index (χ0n) is 6.28. The lowest BCUT2D eigenvalue weighted by Gasteiger charge is -2.11. The average Bonchev–Trinajstić information content (AvgIpc) is 2.08. The second kappa shape index (κ2) is 4.84. The maximum Gasteiger partial charge on any atom is 0.255 e. The van der Waals surface area contributed by atoms with Crippen LogP contribution in [-0.2, 0) is 0 Å². The van der Waals surface area contributed by atoms with Gasteiger partial charge in [0.15, 0.2) is 0 Å². The number of alkyl halides is 3. The van der Waals surface area contributed by atoms with Gasteiger partial charge in [-0.1, -0.05) is 47.8 Å². The summed E-state index contributed by atoms with van der Waals surface area (Å²) < 4.78 is 26.2. The Morgan fingerprint density at radius 3 is 2.31 bits per heavy atom. The van der Waals surface area contributed by atoms with E-state index in [1.807, 2.05) is 0 Å². The largest absolute Gasteiger partial charge is 0.255 e. The smallest absolute Gasteiger partial charge is 0.209 e. The minimum atomic E-state index is -2.41. The van der Waals surface area contributed by atoms with E-state index in [2.05, 4.69) is 47.8 Å². The van der Waals surface area contributed by atoms with Gasteiger partial charge in [-0.3, -0.25) is 0 Å². The normalized spacial score (nSPS) is 13.4. The fourth-order valence-corrected chi connectivity index (χ4v) is 2.42. The molecule has 0 aliphatic carbocycles. The number of hydrogen-bond donors (Lipinski definition) is 0. The Hall–Kier alpha value is 0.520. The molecule has 1 aromatic rings. The molecule has 72 valence electrons. The highest BCUT2D eigenvalue weighted by Crippen LogP contribution is 2.35. The Kier molecular flexibility index (Phi) is 4.32. The maximum atomic E-state index is 12.3. The molecule has 13 heavy (non-hydrogen) atoms. The third kappa shape index (κ3) is 2.99. The van der Waals surface area contributed by atoms with Crippen molar-refractivity contribution < 1.29 is 8.78 Å². The van der Waals surface area contributed by atoms with E-state index in [1.165, 1.54) is 0 Å². The van der Waals surface area contributed by atoms with E-state index in [4.69, 9.17) is 0 Å². The van der Waals surface area contributed by atoms with E-state index in [-0.39, 0.29) is 0 Å². The zero-order chi connectivity index (χ0) is 10.0. The molecule has 0 fully saturated rings. The molecule has 0 radical (unpaired) electrons. The summed E-state index contributed by atoms with van der Waals surface area (Å²) in [6.45, 7) is 0. The van der Waals surface area contributed by atoms with E-state index in [9.17, 15) is 8.78 Å². The summed E-state index contributed by atoms with van der Waals surface area (Å²) in [6.07, 6.45) is -2.41. The number of rotatable bonds is 2. The minimum Gasteiger partial charge on any atom is -0.209 e. The summed E-state index contributed by atoms with van der Waals surface area (Å²) in [6, 6.07) is 5.19. The van der Waals surface area contributed by atoms with Crippen molar-refractivity contribution in [1.82, 2.24) is 0 Å². The first-order chi connectivity index (χ1) is 6.02. The molecule has 0 N–H and O–H groups in total. The summed E-state index contributed by atoms with van der Waals surface area (Å²) in [4.78, 5) is -0.931. The summed E-state index contributed by atoms with van der Waals surface area (Å²) in [5.74, 6) is 0. The Bertz CT molecular complexity index is 301. The average molecular weight is 379 g/mol. The monoisotopic (exact) mass is 376 g/mol. The fraction of sp³-hybridized carbons (Fsp3) is 0.250. The van der Waals surface area contributed by atoms with Gasteiger partial charge < -0.3 is 0 Å². The van der Waals surface area contributed by atoms with E-state index in [1.54, 1.807) is 18.2 Å². The summed E-state index contributed by atoms with van der Waals surface area (Å²) in [5, 5.41) is 0. The van der Waals surface area contributed by atoms with Gasteiger partial charge >= 0.3 is 0 Å². The van der Waals surface area contributed by atoms with Gasteiger partial charge in [0.1, 0.15) is 4.83 Å². The van der Waals surface area contributed by atoms with Crippen LogP contribution in [0, 0.1) is 0 Å². The first kappa shape index (κ1) is 11.6. The van der Waals surface area contributed by atoms with Crippen LogP contribution in [0.2, 0.25) is 0 Å². The van der Waals surface area contributed by atoms with Crippen molar-refractivity contribution in [3.63, 3.8) is 0 Å². The highest BCUT2D eigenvalue weighted by molar-refractivity contribution is 9.11. The minimum absolute atomic E-state index is 0.546. The van der Waals surface area contributed by atoms with Crippen LogP contribution in [0.3, 0.4) is 0 Å². The van der Waals surface area contributed by atoms with Gasteiger partial charge in [-0.2, -0.15) is 0 Å². The van der Waals surface area contributed by atoms with Gasteiger partial charge in [-0.15, -0.1) is 0 Å². The van der Waals surface area contributed by atoms with Crippen molar-refractivity contribution in [2.24, 2.45) is 0 Å². The second-order valence-electron chi connectivity index (χ2n) is 2.40. The van der Waals surface area contributed by atoms with Gasteiger partial charge in [0.25, 0.3) is 6.43 Å². The first-order valence-electron chi connectivity index (χ1n) is 3.39. The molecule has 0 bridgehead atoms. The van der Waals surface area contributed by atoms with E-state index < -0.39 is 11.3 Å². The van der Waals surface area contributed by atoms with Crippen molar-refractivity contribution in [3.05, 3.63) is 32.7 Å². The van der Waals surface area contributed by atoms with Crippen LogP contribution in [0.25, 0.3) is 0 Å². The van der Waals surface area contributed by atoms with E-state index in [0.29, 0.717) is 10.0 Å². The quantitative estimate of drug-likeness (QED) is 0.641. The van der Waals surface area contributed by atoms with Gasteiger partial charge in [-0.25, -0.2) is 8.78 Å². The van der Waals surface area contributed by atoms with Crippen molar-refractivity contribution in [2.75, 3.05) is 0 Å². The lowest BCUT2D eigenvalue weighted by molar-refractivity contribution is 0.147. The predicted octanol–water partition coefficient (Wildman–Crippen LogP) is 4.91. The van der Waals surface area contributed by atoms with Crippen molar-refractivity contribution in [1.29, 1.82) is 0 Å². The van der Waals surface area contributed by atoms with Crippen LogP contribution in [0.4, 0.5) is 8.78 Å². The van der Waals surface area contributed by atoms with E-state index >= 15 is 0 Å². The second-order valence-corrected chi connectivity index (χ2v) is 5.16. The lowest BCUT2D eigenvalue weighted by Crippen LogP contribution is -2.02. The highest BCUT2D eigenvalue weighted by atomic mass is 79.9. The number of halogens is 5. The summed E-state index contributed by atoms with van der Waals surface area (Å²) in [5.41, 5.74) is 0.546. The Labute approximate surface area is 100 Å². The fourth-order valence-electron chi connectivity index (χ4n) is 0.862. The topological polar surface area (TPSA) is 0 Å². The molecule has 0 spiro atoms. The van der Waals surface area contributed by atoms with Crippen LogP contribution in [0.15, 0.2) is 27.1 Å². The van der Waals surface area contributed by atoms with Crippen LogP contribution in [-0.4, -0.2) is 6.43 Å². The van der Waals surface area contributed by atoms with Gasteiger partial charge in [0.05, 0.1) is 0 Å². The molecule has 0 aromatic heterocycles. The highest BCUT2D eigenvalue weighted by Gasteiger charge is 2.21. The molecular formula is C8H5Br3F2. The SMILES string of the molecule is FC(F)C(Br)c1cc(Br)ccc1Br. The van der Waals surface area contributed by atoms with Crippen LogP contribution in [0.5, 0.6) is 0 Å². The number of hydrogen-bond acceptors (Lipinski definition) is 0. The van der Waals surface area contributed by atoms with Crippen molar-refractivity contribution in [3.8, 4) is 0 Å². The van der Waals surface area contributed by atoms with Crippen LogP contribution >= 0.6 is 47.8 Å². The molecule has 1 unspecified atom stereocenters. The molecule has 0 amide bonds. The van der Waals surface area contributed by atoms with Gasteiger partial charge in [0.2, 0.25) is 0 Å². The summed E-state index contributed by atoms with van der Waals surface area (Å²) >= 11 is 9.38. The molecule has 1 aromatic carbocycles. The zero-order valence-corrected chi connectivity index (χ0v) is 11.0. The molecule has 5 heteroatoms. The molecular weight excluding hydrogens is 374 g/mol. The predicted molar refractivity (Wildman–Crippen MR) is 59.5 cm³/mol. The molecule has 0 saturated heterocycles. The molecule has 0 heterocycles. The molecule has 0 aliphatic heterocycles. The molecule has 0 nitrogen and oxygen atoms in total. The Morgan fingerprint density at radius 1 is 1.15 bits per heavy atom. The standard InChI is InChI=1S/C8H5Br3F2/c9-4-1-2-6(10)5(3-4)7(11)8(12)13/h1-3,7-8H. The molecule has 1 rings (SSSR count). The van der Waals surface area contributed by atoms with Gasteiger partial charge in [-0.05, 0) is 23.8 Å². The third-order valence-corrected chi connectivity index (χ3v) is 3.58. The van der Waals surface area contributed by atoms with Crippen molar-refractivity contribution in [2.45, 2.75) is 11.3 Å². The van der Waals surface area contributed by atoms with Crippen LogP contribution < -0.4 is 0 Å². The summed E-state index contributed by atoms with van der Waals surface area (Å²) in [7, 11) is 0. The lowest BCUT2D eigenvalue weighted by atomic mass is 10.2. The maximum absolute atomic E-state index is 12.3. The van der Waals surface area contributed by atoms with Crippen LogP contribution in [0.1, 0.15) is 10.4 Å². The first-order valence-corrected chi connectivity index (χ1v) is 5.89. The third-order valence-electron chi connectivity index (χ3n) is 1.48. The van der Waals surface area contributed by atoms with E-state index in [0.717, 1.165) is 4.47 Å². The number of benzene rings is 1. The molecule has 0 saturated carbocycles. The Balaban J connectivity index is 3.05. The molecule has 0 aliphatic rings. The van der Waals surface area contributed by atoms with Crippen molar-refractivity contribution >= 4 is 47.8 Å². The molecule has 1 atom stereocenters. The Morgan fingerprint density at radius 2 is 1.77 bits per heavy atom. The van der Waals surface area contributed by atoms with Gasteiger partial charge in [0, 0.05) is 8.95 Å².